The molecular formula is C15H17N. The molecule has 0 radical (unpaired) electrons. The van der Waals surface area contributed by atoms with E-state index in [4.69, 9.17) is 0 Å². The lowest BCUT2D eigenvalue weighted by Crippen LogP contribution is -2.05. The van der Waals surface area contributed by atoms with E-state index in [0.29, 0.717) is 0 Å². The lowest BCUT2D eigenvalue weighted by molar-refractivity contribution is 0.649. The smallest absolute Gasteiger partial charge is 0.0482 e. The summed E-state index contributed by atoms with van der Waals surface area (Å²) in [4.78, 5) is 0. The quantitative estimate of drug-likeness (QED) is 0.679. The zero-order chi connectivity index (χ0) is 11.0. The molecule has 0 atom stereocenters. The largest absolute Gasteiger partial charge is 0.347 e. The molecule has 1 nitrogen and oxygen atoms in total. The monoisotopic (exact) mass is 211 g/mol. The minimum absolute atomic E-state index is 1.25. The normalized spacial score (nSPS) is 14.8. The Hall–Kier alpha value is -1.50. The average Bonchev–Trinajstić information content (AvgIpc) is 2.69. The third-order valence-electron chi connectivity index (χ3n) is 3.63. The van der Waals surface area contributed by atoms with E-state index >= 15 is 0 Å². The van der Waals surface area contributed by atoms with Crippen LogP contribution in [0.5, 0.6) is 0 Å². The Balaban J connectivity index is 2.12. The summed E-state index contributed by atoms with van der Waals surface area (Å²) in [6, 6.07) is 13.1. The van der Waals surface area contributed by atoms with Gasteiger partial charge in [0, 0.05) is 18.4 Å². The maximum Gasteiger partial charge on any atom is 0.0482 e. The van der Waals surface area contributed by atoms with Crippen LogP contribution >= 0.6 is 0 Å². The van der Waals surface area contributed by atoms with E-state index in [1.807, 2.05) is 0 Å². The van der Waals surface area contributed by atoms with Crippen LogP contribution in [0.25, 0.3) is 11.3 Å². The van der Waals surface area contributed by atoms with Crippen LogP contribution in [0.2, 0.25) is 0 Å². The van der Waals surface area contributed by atoms with E-state index in [-0.39, 0.29) is 0 Å². The summed E-state index contributed by atoms with van der Waals surface area (Å²) in [6.45, 7) is 0. The van der Waals surface area contributed by atoms with E-state index in [1.54, 1.807) is 11.3 Å². The zero-order valence-corrected chi connectivity index (χ0v) is 9.74. The third-order valence-corrected chi connectivity index (χ3v) is 3.63. The Morgan fingerprint density at radius 3 is 2.50 bits per heavy atom. The van der Waals surface area contributed by atoms with Crippen LogP contribution in [0, 0.1) is 0 Å². The molecule has 82 valence electrons. The van der Waals surface area contributed by atoms with Crippen LogP contribution in [0.4, 0.5) is 0 Å². The lowest BCUT2D eigenvalue weighted by atomic mass is 9.98. The number of nitrogens with zero attached hydrogens (tertiary/aromatic N) is 1. The van der Waals surface area contributed by atoms with Gasteiger partial charge < -0.3 is 4.57 Å². The molecule has 1 aliphatic carbocycles. The van der Waals surface area contributed by atoms with Gasteiger partial charge in [0.2, 0.25) is 0 Å². The lowest BCUT2D eigenvalue weighted by Gasteiger charge is -2.13. The molecule has 0 fully saturated rings. The third kappa shape index (κ3) is 1.47. The van der Waals surface area contributed by atoms with Gasteiger partial charge in [0.05, 0.1) is 0 Å². The van der Waals surface area contributed by atoms with Crippen molar-refractivity contribution in [1.29, 1.82) is 0 Å². The summed E-state index contributed by atoms with van der Waals surface area (Å²) in [7, 11) is 2.20. The molecule has 3 rings (SSSR count). The van der Waals surface area contributed by atoms with Gasteiger partial charge in [-0.05, 0) is 42.9 Å². The van der Waals surface area contributed by atoms with Crippen LogP contribution in [-0.4, -0.2) is 4.57 Å². The van der Waals surface area contributed by atoms with E-state index in [0.717, 1.165) is 0 Å². The van der Waals surface area contributed by atoms with E-state index in [1.165, 1.54) is 36.9 Å². The number of aromatic nitrogens is 1. The van der Waals surface area contributed by atoms with Crippen LogP contribution in [0.1, 0.15) is 24.1 Å². The molecule has 0 amide bonds. The summed E-state index contributed by atoms with van der Waals surface area (Å²) >= 11 is 0. The fourth-order valence-electron chi connectivity index (χ4n) is 2.74. The van der Waals surface area contributed by atoms with E-state index < -0.39 is 0 Å². The summed E-state index contributed by atoms with van der Waals surface area (Å²) in [5.41, 5.74) is 5.81. The first-order valence-electron chi connectivity index (χ1n) is 6.09. The van der Waals surface area contributed by atoms with Crippen molar-refractivity contribution in [3.63, 3.8) is 0 Å². The molecule has 0 saturated heterocycles. The van der Waals surface area contributed by atoms with E-state index in [2.05, 4.69) is 48.0 Å². The molecule has 16 heavy (non-hydrogen) atoms. The van der Waals surface area contributed by atoms with Crippen molar-refractivity contribution < 1.29 is 0 Å². The van der Waals surface area contributed by atoms with Crippen molar-refractivity contribution in [3.05, 3.63) is 47.7 Å². The predicted molar refractivity (Wildman–Crippen MR) is 67.5 cm³/mol. The Labute approximate surface area is 96.7 Å². The second-order valence-corrected chi connectivity index (χ2v) is 4.63. The Kier molecular flexibility index (Phi) is 2.32. The second-order valence-electron chi connectivity index (χ2n) is 4.63. The number of rotatable bonds is 1. The number of hydrogen-bond acceptors (Lipinski definition) is 0. The molecule has 2 aromatic rings. The average molecular weight is 211 g/mol. The van der Waals surface area contributed by atoms with Gasteiger partial charge in [-0.25, -0.2) is 0 Å². The molecule has 0 spiro atoms. The van der Waals surface area contributed by atoms with Crippen molar-refractivity contribution in [2.75, 3.05) is 0 Å². The first-order valence-corrected chi connectivity index (χ1v) is 6.09. The molecule has 1 aliphatic rings. The van der Waals surface area contributed by atoms with Gasteiger partial charge in [-0.2, -0.15) is 0 Å². The second kappa shape index (κ2) is 3.82. The molecule has 1 heteroatoms. The number of fused-ring (bicyclic) bond motifs is 1. The van der Waals surface area contributed by atoms with Crippen molar-refractivity contribution >= 4 is 0 Å². The number of hydrogen-bond donors (Lipinski definition) is 0. The van der Waals surface area contributed by atoms with Crippen molar-refractivity contribution in [2.24, 2.45) is 7.05 Å². The molecule has 0 bridgehead atoms. The van der Waals surface area contributed by atoms with Crippen molar-refractivity contribution in [1.82, 2.24) is 4.57 Å². The SMILES string of the molecule is Cn1c(-c2ccccc2)cc2c1CCCC2. The molecule has 0 unspecified atom stereocenters. The van der Waals surface area contributed by atoms with Crippen LogP contribution in [0.3, 0.4) is 0 Å². The van der Waals surface area contributed by atoms with Crippen molar-refractivity contribution in [3.8, 4) is 11.3 Å². The Morgan fingerprint density at radius 1 is 1.00 bits per heavy atom. The summed E-state index contributed by atoms with van der Waals surface area (Å²) in [6.07, 6.45) is 5.21. The van der Waals surface area contributed by atoms with Crippen LogP contribution < -0.4 is 0 Å². The van der Waals surface area contributed by atoms with Gasteiger partial charge in [-0.15, -0.1) is 0 Å². The first kappa shape index (κ1) is 9.71. The highest BCUT2D eigenvalue weighted by Gasteiger charge is 2.16. The van der Waals surface area contributed by atoms with Crippen LogP contribution in [-0.2, 0) is 19.9 Å². The Bertz CT molecular complexity index is 494. The van der Waals surface area contributed by atoms with Crippen molar-refractivity contribution in [2.45, 2.75) is 25.7 Å². The van der Waals surface area contributed by atoms with E-state index in [9.17, 15) is 0 Å². The highest BCUT2D eigenvalue weighted by atomic mass is 15.0. The fraction of sp³-hybridized carbons (Fsp3) is 0.333. The highest BCUT2D eigenvalue weighted by Crippen LogP contribution is 2.29. The van der Waals surface area contributed by atoms with Gasteiger partial charge >= 0.3 is 0 Å². The maximum absolute atomic E-state index is 2.38. The zero-order valence-electron chi connectivity index (χ0n) is 9.74. The Morgan fingerprint density at radius 2 is 1.75 bits per heavy atom. The molecule has 0 aliphatic heterocycles. The summed E-state index contributed by atoms with van der Waals surface area (Å²) < 4.78 is 2.38. The van der Waals surface area contributed by atoms with Gasteiger partial charge in [0.25, 0.3) is 0 Å². The standard InChI is InChI=1S/C15H17N/c1-16-14-10-6-5-9-13(14)11-15(16)12-7-3-2-4-8-12/h2-4,7-8,11H,5-6,9-10H2,1H3. The molecule has 0 saturated carbocycles. The highest BCUT2D eigenvalue weighted by molar-refractivity contribution is 5.62. The topological polar surface area (TPSA) is 4.93 Å². The minimum Gasteiger partial charge on any atom is -0.347 e. The summed E-state index contributed by atoms with van der Waals surface area (Å²) in [5, 5.41) is 0. The molecule has 0 N–H and O–H groups in total. The number of benzene rings is 1. The molecule has 1 aromatic carbocycles. The fourth-order valence-corrected chi connectivity index (χ4v) is 2.74. The van der Waals surface area contributed by atoms with Gasteiger partial charge in [-0.3, -0.25) is 0 Å². The molecule has 1 heterocycles. The van der Waals surface area contributed by atoms with Crippen LogP contribution in [0.15, 0.2) is 36.4 Å². The van der Waals surface area contributed by atoms with Gasteiger partial charge in [0.1, 0.15) is 0 Å². The minimum atomic E-state index is 1.25. The molecule has 1 aromatic heterocycles. The summed E-state index contributed by atoms with van der Waals surface area (Å²) in [5.74, 6) is 0. The predicted octanol–water partition coefficient (Wildman–Crippen LogP) is 3.57. The van der Waals surface area contributed by atoms with Gasteiger partial charge in [0.15, 0.2) is 0 Å². The molecular weight excluding hydrogens is 194 g/mol. The van der Waals surface area contributed by atoms with Gasteiger partial charge in [-0.1, -0.05) is 30.3 Å². The number of aryl methyl sites for hydroxylation is 1. The maximum atomic E-state index is 2.38. The first-order chi connectivity index (χ1) is 7.86.